The van der Waals surface area contributed by atoms with Gasteiger partial charge in [0, 0.05) is 39.5 Å². The van der Waals surface area contributed by atoms with Gasteiger partial charge in [-0.25, -0.2) is 4.98 Å². The molecule has 4 nitrogen and oxygen atoms in total. The van der Waals surface area contributed by atoms with E-state index in [2.05, 4.69) is 35.2 Å². The maximum atomic E-state index is 12.0. The van der Waals surface area contributed by atoms with E-state index in [1.165, 1.54) is 21.1 Å². The molecule has 0 saturated heterocycles. The number of carbonyl (C=O) groups is 1. The summed E-state index contributed by atoms with van der Waals surface area (Å²) in [7, 11) is 0. The van der Waals surface area contributed by atoms with E-state index in [1.807, 2.05) is 17.5 Å². The summed E-state index contributed by atoms with van der Waals surface area (Å²) < 4.78 is 0. The largest absolute Gasteiger partial charge is 0.302 e. The van der Waals surface area contributed by atoms with Crippen molar-refractivity contribution in [3.8, 4) is 11.3 Å². The summed E-state index contributed by atoms with van der Waals surface area (Å²) in [4.78, 5) is 23.1. The third-order valence-corrected chi connectivity index (χ3v) is 5.15. The fourth-order valence-electron chi connectivity index (χ4n) is 2.33. The van der Waals surface area contributed by atoms with Crippen LogP contribution in [0.2, 0.25) is 0 Å². The lowest BCUT2D eigenvalue weighted by atomic mass is 10.1. The van der Waals surface area contributed by atoms with Gasteiger partial charge in [0.2, 0.25) is 5.91 Å². The lowest BCUT2D eigenvalue weighted by molar-refractivity contribution is -0.116. The van der Waals surface area contributed by atoms with E-state index in [1.54, 1.807) is 23.7 Å². The van der Waals surface area contributed by atoms with Crippen LogP contribution in [-0.2, 0) is 11.2 Å². The lowest BCUT2D eigenvalue weighted by Gasteiger charge is -2.01. The highest BCUT2D eigenvalue weighted by Gasteiger charge is 2.11. The molecule has 0 aliphatic carbocycles. The molecule has 0 radical (unpaired) electrons. The van der Waals surface area contributed by atoms with Crippen molar-refractivity contribution in [1.82, 2.24) is 9.97 Å². The Morgan fingerprint density at radius 3 is 2.91 bits per heavy atom. The van der Waals surface area contributed by atoms with E-state index in [0.717, 1.165) is 16.8 Å². The van der Waals surface area contributed by atoms with Crippen LogP contribution in [0.4, 0.5) is 5.13 Å². The molecule has 1 N–H and O–H groups in total. The number of hydrogen-bond donors (Lipinski definition) is 1. The van der Waals surface area contributed by atoms with Crippen LogP contribution in [0.3, 0.4) is 0 Å². The summed E-state index contributed by atoms with van der Waals surface area (Å²) in [5.41, 5.74) is 3.14. The second-order valence-electron chi connectivity index (χ2n) is 5.27. The van der Waals surface area contributed by atoms with Crippen LogP contribution >= 0.6 is 22.7 Å². The predicted molar refractivity (Wildman–Crippen MR) is 96.1 cm³/mol. The first-order chi connectivity index (χ1) is 11.1. The summed E-state index contributed by atoms with van der Waals surface area (Å²) in [6.07, 6.45) is 4.63. The van der Waals surface area contributed by atoms with Crippen LogP contribution in [0.25, 0.3) is 11.3 Å². The summed E-state index contributed by atoms with van der Waals surface area (Å²) in [5.74, 6) is -0.0204. The summed E-state index contributed by atoms with van der Waals surface area (Å²) in [6.45, 7) is 4.19. The van der Waals surface area contributed by atoms with Crippen LogP contribution < -0.4 is 5.32 Å². The van der Waals surface area contributed by atoms with E-state index in [0.29, 0.717) is 18.0 Å². The molecule has 0 aromatic carbocycles. The Bertz CT molecular complexity index is 808. The molecular formula is C17H17N3OS2. The second kappa shape index (κ2) is 7.02. The van der Waals surface area contributed by atoms with Gasteiger partial charge in [-0.15, -0.1) is 22.7 Å². The number of aromatic nitrogens is 2. The van der Waals surface area contributed by atoms with E-state index >= 15 is 0 Å². The third kappa shape index (κ3) is 4.03. The first-order valence-corrected chi connectivity index (χ1v) is 9.03. The zero-order chi connectivity index (χ0) is 16.2. The van der Waals surface area contributed by atoms with Crippen LogP contribution in [0, 0.1) is 13.8 Å². The number of anilines is 1. The third-order valence-electron chi connectivity index (χ3n) is 3.43. The molecule has 3 aromatic heterocycles. The van der Waals surface area contributed by atoms with E-state index in [-0.39, 0.29) is 5.91 Å². The molecule has 3 aromatic rings. The van der Waals surface area contributed by atoms with Crippen molar-refractivity contribution >= 4 is 33.7 Å². The van der Waals surface area contributed by atoms with Crippen molar-refractivity contribution in [2.24, 2.45) is 0 Å². The van der Waals surface area contributed by atoms with Crippen molar-refractivity contribution in [3.63, 3.8) is 0 Å². The molecule has 1 amide bonds. The zero-order valence-corrected chi connectivity index (χ0v) is 14.6. The first kappa shape index (κ1) is 15.8. The van der Waals surface area contributed by atoms with Gasteiger partial charge in [-0.1, -0.05) is 6.07 Å². The number of thiophene rings is 1. The zero-order valence-electron chi connectivity index (χ0n) is 13.0. The van der Waals surface area contributed by atoms with Crippen molar-refractivity contribution in [1.29, 1.82) is 0 Å². The molecule has 0 atom stereocenters. The molecule has 0 fully saturated rings. The van der Waals surface area contributed by atoms with Gasteiger partial charge >= 0.3 is 0 Å². The SMILES string of the molecule is Cc1cc(-c2csc(NC(=O)CCc3cccnc3)n2)c(C)s1. The standard InChI is InChI=1S/C17H17N3OS2/c1-11-8-14(12(2)23-11)15-10-22-17(19-15)20-16(21)6-5-13-4-3-7-18-9-13/h3-4,7-10H,5-6H2,1-2H3,(H,19,20,21). The van der Waals surface area contributed by atoms with Gasteiger partial charge in [0.1, 0.15) is 0 Å². The number of amides is 1. The molecule has 0 aliphatic rings. The van der Waals surface area contributed by atoms with Crippen molar-refractivity contribution in [3.05, 3.63) is 51.3 Å². The highest BCUT2D eigenvalue weighted by atomic mass is 32.1. The number of aryl methyl sites for hydroxylation is 3. The Hall–Kier alpha value is -2.05. The maximum Gasteiger partial charge on any atom is 0.226 e. The molecule has 118 valence electrons. The summed E-state index contributed by atoms with van der Waals surface area (Å²) in [5, 5.41) is 5.52. The van der Waals surface area contributed by atoms with E-state index in [4.69, 9.17) is 0 Å². The molecule has 0 bridgehead atoms. The second-order valence-corrected chi connectivity index (χ2v) is 7.59. The number of nitrogens with one attached hydrogen (secondary N) is 1. The van der Waals surface area contributed by atoms with Crippen molar-refractivity contribution in [2.45, 2.75) is 26.7 Å². The van der Waals surface area contributed by atoms with Gasteiger partial charge in [0.25, 0.3) is 0 Å². The minimum Gasteiger partial charge on any atom is -0.302 e. The Morgan fingerprint density at radius 2 is 2.22 bits per heavy atom. The molecule has 0 aliphatic heterocycles. The van der Waals surface area contributed by atoms with Gasteiger partial charge in [-0.2, -0.15) is 0 Å². The van der Waals surface area contributed by atoms with Gasteiger partial charge in [0.05, 0.1) is 5.69 Å². The highest BCUT2D eigenvalue weighted by Crippen LogP contribution is 2.32. The lowest BCUT2D eigenvalue weighted by Crippen LogP contribution is -2.12. The first-order valence-electron chi connectivity index (χ1n) is 7.33. The average molecular weight is 343 g/mol. The van der Waals surface area contributed by atoms with Crippen molar-refractivity contribution in [2.75, 3.05) is 5.32 Å². The minimum atomic E-state index is -0.0204. The van der Waals surface area contributed by atoms with Crippen molar-refractivity contribution < 1.29 is 4.79 Å². The van der Waals surface area contributed by atoms with Crippen LogP contribution in [0.15, 0.2) is 36.0 Å². The van der Waals surface area contributed by atoms with Gasteiger partial charge < -0.3 is 5.32 Å². The quantitative estimate of drug-likeness (QED) is 0.744. The van der Waals surface area contributed by atoms with Crippen LogP contribution in [0.1, 0.15) is 21.7 Å². The number of carbonyl (C=O) groups excluding carboxylic acids is 1. The number of nitrogens with zero attached hydrogens (tertiary/aromatic N) is 2. The molecule has 0 unspecified atom stereocenters. The molecular weight excluding hydrogens is 326 g/mol. The highest BCUT2D eigenvalue weighted by molar-refractivity contribution is 7.14. The van der Waals surface area contributed by atoms with Gasteiger partial charge in [-0.3, -0.25) is 9.78 Å². The van der Waals surface area contributed by atoms with Crippen LogP contribution in [-0.4, -0.2) is 15.9 Å². The number of hydrogen-bond acceptors (Lipinski definition) is 5. The monoisotopic (exact) mass is 343 g/mol. The number of thiazole rings is 1. The molecule has 0 saturated carbocycles. The minimum absolute atomic E-state index is 0.0204. The summed E-state index contributed by atoms with van der Waals surface area (Å²) >= 11 is 3.23. The smallest absolute Gasteiger partial charge is 0.226 e. The van der Waals surface area contributed by atoms with E-state index in [9.17, 15) is 4.79 Å². The Balaban J connectivity index is 1.60. The average Bonchev–Trinajstić information content (AvgIpc) is 3.12. The number of rotatable bonds is 5. The van der Waals surface area contributed by atoms with Gasteiger partial charge in [-0.05, 0) is 38.0 Å². The topological polar surface area (TPSA) is 54.9 Å². The van der Waals surface area contributed by atoms with Gasteiger partial charge in [0.15, 0.2) is 5.13 Å². The van der Waals surface area contributed by atoms with Crippen LogP contribution in [0.5, 0.6) is 0 Å². The molecule has 0 spiro atoms. The van der Waals surface area contributed by atoms with E-state index < -0.39 is 0 Å². The Labute approximate surface area is 143 Å². The predicted octanol–water partition coefficient (Wildman–Crippen LogP) is 4.45. The Kier molecular flexibility index (Phi) is 4.83. The number of pyridine rings is 1. The molecule has 6 heteroatoms. The fraction of sp³-hybridized carbons (Fsp3) is 0.235. The maximum absolute atomic E-state index is 12.0. The normalized spacial score (nSPS) is 10.7. The molecule has 3 rings (SSSR count). The Morgan fingerprint density at radius 1 is 1.35 bits per heavy atom. The summed E-state index contributed by atoms with van der Waals surface area (Å²) in [6, 6.07) is 6.00. The fourth-order valence-corrected chi connectivity index (χ4v) is 3.99. The molecule has 23 heavy (non-hydrogen) atoms. The molecule has 3 heterocycles.